The highest BCUT2D eigenvalue weighted by Gasteiger charge is 2.23. The molecular weight excluding hydrogens is 332 g/mol. The minimum Gasteiger partial charge on any atom is -0.345 e. The summed E-state index contributed by atoms with van der Waals surface area (Å²) in [4.78, 5) is 13.4. The molecule has 0 aliphatic heterocycles. The van der Waals surface area contributed by atoms with Crippen LogP contribution in [0.5, 0.6) is 0 Å². The molecule has 0 aliphatic carbocycles. The Hall–Kier alpha value is -0.920. The van der Waals surface area contributed by atoms with Crippen LogP contribution in [0.15, 0.2) is 33.6 Å². The summed E-state index contributed by atoms with van der Waals surface area (Å²) >= 11 is 3.18. The van der Waals surface area contributed by atoms with Gasteiger partial charge in [-0.3, -0.25) is 4.79 Å². The van der Waals surface area contributed by atoms with Crippen LogP contribution in [-0.2, 0) is 14.6 Å². The summed E-state index contributed by atoms with van der Waals surface area (Å²) < 4.78 is 24.7. The first-order valence-electron chi connectivity index (χ1n) is 5.80. The van der Waals surface area contributed by atoms with Crippen molar-refractivity contribution in [1.29, 1.82) is 0 Å². The predicted molar refractivity (Wildman–Crippen MR) is 77.5 cm³/mol. The molecule has 1 aromatic rings. The van der Waals surface area contributed by atoms with Gasteiger partial charge in [0.05, 0.1) is 4.90 Å². The molecule has 0 heterocycles. The molecule has 0 unspecified atom stereocenters. The van der Waals surface area contributed by atoms with Gasteiger partial charge in [-0.2, -0.15) is 0 Å². The molecule has 1 aromatic carbocycles. The molecule has 2 N–H and O–H groups in total. The molecule has 0 aliphatic rings. The molecule has 0 spiro atoms. The van der Waals surface area contributed by atoms with E-state index in [0.29, 0.717) is 24.0 Å². The Morgan fingerprint density at radius 1 is 1.37 bits per heavy atom. The first-order chi connectivity index (χ1) is 8.88. The van der Waals surface area contributed by atoms with Gasteiger partial charge in [0.25, 0.3) is 0 Å². The summed E-state index contributed by atoms with van der Waals surface area (Å²) in [5.74, 6) is -0.958. The van der Waals surface area contributed by atoms with Crippen LogP contribution >= 0.6 is 15.9 Å². The molecule has 1 amide bonds. The van der Waals surface area contributed by atoms with Crippen molar-refractivity contribution in [2.24, 2.45) is 5.73 Å². The lowest BCUT2D eigenvalue weighted by Gasteiger charge is -2.16. The maximum atomic E-state index is 12.1. The van der Waals surface area contributed by atoms with Crippen LogP contribution in [-0.4, -0.2) is 45.1 Å². The van der Waals surface area contributed by atoms with Crippen molar-refractivity contribution in [3.63, 3.8) is 0 Å². The summed E-state index contributed by atoms with van der Waals surface area (Å²) in [6.45, 7) is 0.926. The van der Waals surface area contributed by atoms with E-state index >= 15 is 0 Å². The second kappa shape index (κ2) is 7.02. The quantitative estimate of drug-likeness (QED) is 0.832. The van der Waals surface area contributed by atoms with Crippen LogP contribution in [0.4, 0.5) is 0 Å². The summed E-state index contributed by atoms with van der Waals surface area (Å²) in [5, 5.41) is 0. The maximum absolute atomic E-state index is 12.1. The fraction of sp³-hybridized carbons (Fsp3) is 0.417. The second-order valence-corrected chi connectivity index (χ2v) is 6.96. The van der Waals surface area contributed by atoms with E-state index in [1.54, 1.807) is 25.2 Å². The fourth-order valence-electron chi connectivity index (χ4n) is 1.50. The number of amides is 1. The first kappa shape index (κ1) is 16.1. The second-order valence-electron chi connectivity index (χ2n) is 4.15. The Bertz CT molecular complexity index is 546. The van der Waals surface area contributed by atoms with Crippen LogP contribution in [0.1, 0.15) is 6.42 Å². The van der Waals surface area contributed by atoms with Gasteiger partial charge < -0.3 is 10.6 Å². The highest BCUT2D eigenvalue weighted by molar-refractivity contribution is 9.10. The van der Waals surface area contributed by atoms with Crippen molar-refractivity contribution in [3.8, 4) is 0 Å². The zero-order valence-electron chi connectivity index (χ0n) is 10.7. The van der Waals surface area contributed by atoms with Gasteiger partial charge >= 0.3 is 0 Å². The average Bonchev–Trinajstić information content (AvgIpc) is 2.35. The topological polar surface area (TPSA) is 80.5 Å². The van der Waals surface area contributed by atoms with Crippen LogP contribution < -0.4 is 5.73 Å². The molecule has 5 nitrogen and oxygen atoms in total. The zero-order valence-corrected chi connectivity index (χ0v) is 13.1. The van der Waals surface area contributed by atoms with E-state index in [9.17, 15) is 13.2 Å². The summed E-state index contributed by atoms with van der Waals surface area (Å²) in [6, 6.07) is 6.46. The van der Waals surface area contributed by atoms with Crippen LogP contribution in [0.25, 0.3) is 0 Å². The van der Waals surface area contributed by atoms with E-state index < -0.39 is 21.5 Å². The third-order valence-corrected chi connectivity index (χ3v) is 5.22. The molecule has 7 heteroatoms. The van der Waals surface area contributed by atoms with Crippen molar-refractivity contribution >= 4 is 31.7 Å². The lowest BCUT2D eigenvalue weighted by Crippen LogP contribution is -2.34. The van der Waals surface area contributed by atoms with Crippen LogP contribution in [0.2, 0.25) is 0 Å². The Morgan fingerprint density at radius 3 is 2.58 bits per heavy atom. The maximum Gasteiger partial charge on any atom is 0.237 e. The molecule has 0 aromatic heterocycles. The van der Waals surface area contributed by atoms with Gasteiger partial charge in [0.2, 0.25) is 5.91 Å². The van der Waals surface area contributed by atoms with Crippen LogP contribution in [0, 0.1) is 0 Å². The molecular formula is C12H17BrN2O3S. The number of sulfone groups is 1. The molecule has 106 valence electrons. The smallest absolute Gasteiger partial charge is 0.237 e. The highest BCUT2D eigenvalue weighted by atomic mass is 79.9. The average molecular weight is 349 g/mol. The third-order valence-electron chi connectivity index (χ3n) is 2.61. The number of carbonyl (C=O) groups is 1. The Morgan fingerprint density at radius 2 is 2.00 bits per heavy atom. The van der Waals surface area contributed by atoms with Crippen molar-refractivity contribution in [3.05, 3.63) is 28.7 Å². The van der Waals surface area contributed by atoms with E-state index in [1.165, 1.54) is 11.0 Å². The van der Waals surface area contributed by atoms with Crippen molar-refractivity contribution in [1.82, 2.24) is 4.90 Å². The highest BCUT2D eigenvalue weighted by Crippen LogP contribution is 2.22. The largest absolute Gasteiger partial charge is 0.345 e. The number of carbonyl (C=O) groups excluding carboxylic acids is 1. The van der Waals surface area contributed by atoms with E-state index in [0.717, 1.165) is 0 Å². The van der Waals surface area contributed by atoms with Gasteiger partial charge in [-0.05, 0) is 41.0 Å². The number of benzene rings is 1. The van der Waals surface area contributed by atoms with Gasteiger partial charge in [-0.1, -0.05) is 12.1 Å². The third kappa shape index (κ3) is 4.59. The molecule has 19 heavy (non-hydrogen) atoms. The van der Waals surface area contributed by atoms with Crippen LogP contribution in [0.3, 0.4) is 0 Å². The summed E-state index contributed by atoms with van der Waals surface area (Å²) in [7, 11) is -2.05. The Balaban J connectivity index is 2.81. The molecule has 0 radical (unpaired) electrons. The molecule has 0 atom stereocenters. The number of nitrogens with two attached hydrogens (primary N) is 1. The van der Waals surface area contributed by atoms with E-state index in [2.05, 4.69) is 15.9 Å². The van der Waals surface area contributed by atoms with Gasteiger partial charge in [-0.15, -0.1) is 0 Å². The fourth-order valence-corrected chi connectivity index (χ4v) is 3.88. The standard InChI is InChI=1S/C12H17BrN2O3S/c1-15(8-4-7-14)12(16)9-19(17,18)11-6-3-2-5-10(11)13/h2-3,5-6H,4,7-9,14H2,1H3. The number of rotatable bonds is 6. The Kier molecular flexibility index (Phi) is 5.96. The number of halogens is 1. The molecule has 0 saturated carbocycles. The monoisotopic (exact) mass is 348 g/mol. The van der Waals surface area contributed by atoms with Gasteiger partial charge in [-0.25, -0.2) is 8.42 Å². The first-order valence-corrected chi connectivity index (χ1v) is 8.24. The van der Waals surface area contributed by atoms with Gasteiger partial charge in [0.15, 0.2) is 9.84 Å². The van der Waals surface area contributed by atoms with Crippen molar-refractivity contribution in [2.75, 3.05) is 25.9 Å². The van der Waals surface area contributed by atoms with E-state index in [1.807, 2.05) is 0 Å². The molecule has 0 bridgehead atoms. The van der Waals surface area contributed by atoms with Crippen molar-refractivity contribution < 1.29 is 13.2 Å². The lowest BCUT2D eigenvalue weighted by atomic mass is 10.4. The Labute approximate surface area is 121 Å². The van der Waals surface area contributed by atoms with E-state index in [-0.39, 0.29) is 4.90 Å². The predicted octanol–water partition coefficient (Wildman–Crippen LogP) is 1.03. The van der Waals surface area contributed by atoms with Gasteiger partial charge in [0.1, 0.15) is 5.75 Å². The molecule has 0 saturated heterocycles. The minimum atomic E-state index is -3.63. The SMILES string of the molecule is CN(CCCN)C(=O)CS(=O)(=O)c1ccccc1Br. The molecule has 0 fully saturated rings. The summed E-state index contributed by atoms with van der Waals surface area (Å²) in [6.07, 6.45) is 0.650. The number of hydrogen-bond acceptors (Lipinski definition) is 4. The normalized spacial score (nSPS) is 11.3. The van der Waals surface area contributed by atoms with Gasteiger partial charge in [0, 0.05) is 18.1 Å². The van der Waals surface area contributed by atoms with E-state index in [4.69, 9.17) is 5.73 Å². The lowest BCUT2D eigenvalue weighted by molar-refractivity contribution is -0.127. The number of nitrogens with zero attached hydrogens (tertiary/aromatic N) is 1. The summed E-state index contributed by atoms with van der Waals surface area (Å²) in [5.41, 5.74) is 5.35. The van der Waals surface area contributed by atoms with Crippen molar-refractivity contribution in [2.45, 2.75) is 11.3 Å². The molecule has 1 rings (SSSR count). The zero-order chi connectivity index (χ0) is 14.5. The number of hydrogen-bond donors (Lipinski definition) is 1. The minimum absolute atomic E-state index is 0.135.